The lowest BCUT2D eigenvalue weighted by Crippen LogP contribution is -2.54. The largest absolute Gasteiger partial charge is 0.359 e. The van der Waals surface area contributed by atoms with Gasteiger partial charge in [-0.05, 0) is 73.8 Å². The standard InChI is InChI=1S/C33H38Cl2N4O4/c1-18-5-4-6-22(20(18)3)15-24(40)28-25-9-12-33(43-25)29(28)32(42)39(19(2)7-8-21-10-13-36-14-11-21)30(33)31(41)37-23-16-26(34)38-27(35)17-23/h9-14,16-20,22,25,28-30H,4-8,15H2,1-3H3,(H,37,38,41). The Labute approximate surface area is 262 Å². The fraction of sp³-hybridized carbons (Fsp3) is 0.545. The van der Waals surface area contributed by atoms with E-state index in [-0.39, 0.29) is 28.0 Å². The Balaban J connectivity index is 1.31. The van der Waals surface area contributed by atoms with Crippen LogP contribution in [0.15, 0.2) is 48.8 Å². The van der Waals surface area contributed by atoms with Gasteiger partial charge >= 0.3 is 0 Å². The molecule has 1 N–H and O–H groups in total. The Morgan fingerprint density at radius 1 is 1.16 bits per heavy atom. The summed E-state index contributed by atoms with van der Waals surface area (Å²) >= 11 is 12.2. The van der Waals surface area contributed by atoms with Crippen LogP contribution < -0.4 is 5.32 Å². The first-order valence-corrected chi connectivity index (χ1v) is 16.1. The zero-order chi connectivity index (χ0) is 30.5. The summed E-state index contributed by atoms with van der Waals surface area (Å²) in [5, 5.41) is 3.18. The van der Waals surface area contributed by atoms with Gasteiger partial charge in [0.25, 0.3) is 5.91 Å². The van der Waals surface area contributed by atoms with Gasteiger partial charge in [0.1, 0.15) is 27.7 Å². The van der Waals surface area contributed by atoms with E-state index in [1.807, 2.05) is 31.2 Å². The highest BCUT2D eigenvalue weighted by molar-refractivity contribution is 6.33. The summed E-state index contributed by atoms with van der Waals surface area (Å²) in [6, 6.07) is 5.64. The van der Waals surface area contributed by atoms with Crippen LogP contribution in [0.5, 0.6) is 0 Å². The fourth-order valence-electron chi connectivity index (χ4n) is 7.94. The molecule has 5 heterocycles. The fourth-order valence-corrected chi connectivity index (χ4v) is 8.40. The number of pyridine rings is 2. The number of nitrogens with zero attached hydrogens (tertiary/aromatic N) is 3. The molecule has 1 aliphatic carbocycles. The number of aromatic nitrogens is 2. The Hall–Kier alpha value is -2.81. The minimum Gasteiger partial charge on any atom is -0.359 e. The Bertz CT molecular complexity index is 1420. The second kappa shape index (κ2) is 11.9. The van der Waals surface area contributed by atoms with E-state index in [1.165, 1.54) is 18.6 Å². The van der Waals surface area contributed by atoms with Gasteiger partial charge in [-0.25, -0.2) is 4.98 Å². The summed E-state index contributed by atoms with van der Waals surface area (Å²) in [6.07, 6.45) is 11.8. The van der Waals surface area contributed by atoms with Crippen molar-refractivity contribution in [1.29, 1.82) is 0 Å². The average molecular weight is 626 g/mol. The number of ketones is 1. The molecular weight excluding hydrogens is 587 g/mol. The number of carbonyl (C=O) groups excluding carboxylic acids is 3. The minimum absolute atomic E-state index is 0.0682. The zero-order valence-corrected chi connectivity index (χ0v) is 26.2. The minimum atomic E-state index is -1.23. The number of aryl methyl sites for hydroxylation is 1. The Kier molecular flexibility index (Phi) is 8.39. The molecule has 3 aliphatic heterocycles. The monoisotopic (exact) mass is 624 g/mol. The van der Waals surface area contributed by atoms with Crippen LogP contribution in [0.2, 0.25) is 10.3 Å². The quantitative estimate of drug-likeness (QED) is 0.274. The normalized spacial score (nSPS) is 33.5. The Morgan fingerprint density at radius 2 is 1.88 bits per heavy atom. The number of hydrogen-bond acceptors (Lipinski definition) is 6. The highest BCUT2D eigenvalue weighted by Crippen LogP contribution is 2.56. The van der Waals surface area contributed by atoms with Crippen LogP contribution in [0.25, 0.3) is 0 Å². The van der Waals surface area contributed by atoms with E-state index in [4.69, 9.17) is 27.9 Å². The summed E-state index contributed by atoms with van der Waals surface area (Å²) in [6.45, 7) is 6.46. The number of likely N-dealkylation sites (tertiary alicyclic amines) is 1. The molecule has 1 spiro atoms. The molecule has 10 heteroatoms. The van der Waals surface area contributed by atoms with E-state index >= 15 is 0 Å². The molecule has 2 aromatic rings. The zero-order valence-electron chi connectivity index (χ0n) is 24.7. The maximum atomic E-state index is 14.4. The van der Waals surface area contributed by atoms with Gasteiger partial charge in [0.15, 0.2) is 0 Å². The van der Waals surface area contributed by atoms with E-state index in [1.54, 1.807) is 17.3 Å². The number of carbonyl (C=O) groups is 3. The molecule has 2 bridgehead atoms. The third-order valence-corrected chi connectivity index (χ3v) is 10.8. The third-order valence-electron chi connectivity index (χ3n) is 10.4. The predicted octanol–water partition coefficient (Wildman–Crippen LogP) is 5.93. The molecule has 43 heavy (non-hydrogen) atoms. The lowest BCUT2D eigenvalue weighted by molar-refractivity contribution is -0.142. The van der Waals surface area contributed by atoms with Gasteiger partial charge < -0.3 is 15.0 Å². The molecule has 228 valence electrons. The van der Waals surface area contributed by atoms with Gasteiger partial charge in [0.2, 0.25) is 5.91 Å². The first-order chi connectivity index (χ1) is 20.6. The molecule has 9 unspecified atom stereocenters. The van der Waals surface area contributed by atoms with Crippen molar-refractivity contribution in [1.82, 2.24) is 14.9 Å². The van der Waals surface area contributed by atoms with Crippen LogP contribution in [-0.4, -0.2) is 56.3 Å². The van der Waals surface area contributed by atoms with Gasteiger partial charge in [-0.3, -0.25) is 19.4 Å². The van der Waals surface area contributed by atoms with Gasteiger partial charge in [0, 0.05) is 30.5 Å². The molecular formula is C33H38Cl2N4O4. The van der Waals surface area contributed by atoms with Crippen LogP contribution >= 0.6 is 23.2 Å². The molecule has 3 fully saturated rings. The number of ether oxygens (including phenoxy) is 1. The summed E-state index contributed by atoms with van der Waals surface area (Å²) < 4.78 is 6.56. The number of rotatable bonds is 9. The van der Waals surface area contributed by atoms with Crippen molar-refractivity contribution in [2.75, 3.05) is 5.32 Å². The van der Waals surface area contributed by atoms with Crippen molar-refractivity contribution in [3.8, 4) is 0 Å². The van der Waals surface area contributed by atoms with Crippen molar-refractivity contribution in [3.05, 3.63) is 64.7 Å². The van der Waals surface area contributed by atoms with Crippen molar-refractivity contribution in [3.63, 3.8) is 0 Å². The number of anilines is 1. The van der Waals surface area contributed by atoms with Crippen LogP contribution in [0.1, 0.15) is 58.4 Å². The van der Waals surface area contributed by atoms with E-state index in [9.17, 15) is 14.4 Å². The van der Waals surface area contributed by atoms with Crippen molar-refractivity contribution < 1.29 is 19.1 Å². The van der Waals surface area contributed by atoms with Gasteiger partial charge in [0.05, 0.1) is 17.9 Å². The lowest BCUT2D eigenvalue weighted by Gasteiger charge is -2.35. The molecule has 9 atom stereocenters. The van der Waals surface area contributed by atoms with Gasteiger partial charge in [-0.2, -0.15) is 0 Å². The molecule has 8 nitrogen and oxygen atoms in total. The highest BCUT2D eigenvalue weighted by atomic mass is 35.5. The average Bonchev–Trinajstić information content (AvgIpc) is 3.61. The molecule has 0 radical (unpaired) electrons. The molecule has 2 saturated heterocycles. The maximum Gasteiger partial charge on any atom is 0.250 e. The Morgan fingerprint density at radius 3 is 2.60 bits per heavy atom. The third kappa shape index (κ3) is 5.51. The van der Waals surface area contributed by atoms with E-state index < -0.39 is 35.5 Å². The molecule has 2 amide bonds. The number of nitrogens with one attached hydrogen (secondary N) is 1. The summed E-state index contributed by atoms with van der Waals surface area (Å²) in [5.41, 5.74) is 0.231. The number of Topliss-reactive ketones (excluding diaryl/α,β-unsaturated/α-hetero) is 1. The molecule has 6 rings (SSSR count). The van der Waals surface area contributed by atoms with Gasteiger partial charge in [-0.1, -0.05) is 62.0 Å². The van der Waals surface area contributed by atoms with E-state index in [0.717, 1.165) is 18.4 Å². The maximum absolute atomic E-state index is 14.4. The number of amides is 2. The molecule has 4 aliphatic rings. The number of hydrogen-bond donors (Lipinski definition) is 1. The van der Waals surface area contributed by atoms with Crippen LogP contribution in [0, 0.1) is 29.6 Å². The SMILES string of the molecule is CC1CCCC(CC(=O)C2C3C=CC4(O3)C2C(=O)N(C(C)CCc2ccncc2)C4C(=O)Nc2cc(Cl)nc(Cl)c2)C1C. The van der Waals surface area contributed by atoms with Crippen molar-refractivity contribution in [2.45, 2.75) is 83.1 Å². The number of fused-ring (bicyclic) bond motifs is 1. The second-order valence-electron chi connectivity index (χ2n) is 12.9. The van der Waals surface area contributed by atoms with E-state index in [0.29, 0.717) is 42.7 Å². The first-order valence-electron chi connectivity index (χ1n) is 15.3. The molecule has 2 aromatic heterocycles. The van der Waals surface area contributed by atoms with Gasteiger partial charge in [-0.15, -0.1) is 0 Å². The summed E-state index contributed by atoms with van der Waals surface area (Å²) in [4.78, 5) is 52.3. The predicted molar refractivity (Wildman–Crippen MR) is 165 cm³/mol. The number of halogens is 2. The van der Waals surface area contributed by atoms with Crippen LogP contribution in [-0.2, 0) is 25.5 Å². The van der Waals surface area contributed by atoms with Crippen molar-refractivity contribution >= 4 is 46.5 Å². The smallest absolute Gasteiger partial charge is 0.250 e. The summed E-state index contributed by atoms with van der Waals surface area (Å²) in [5.74, 6) is -0.609. The lowest BCUT2D eigenvalue weighted by atomic mass is 9.68. The summed E-state index contributed by atoms with van der Waals surface area (Å²) in [7, 11) is 0. The second-order valence-corrected chi connectivity index (χ2v) is 13.7. The highest BCUT2D eigenvalue weighted by Gasteiger charge is 2.73. The van der Waals surface area contributed by atoms with E-state index in [2.05, 4.69) is 29.1 Å². The molecule has 1 saturated carbocycles. The van der Waals surface area contributed by atoms with Crippen LogP contribution in [0.3, 0.4) is 0 Å². The first kappa shape index (κ1) is 30.2. The van der Waals surface area contributed by atoms with Crippen molar-refractivity contribution in [2.24, 2.45) is 29.6 Å². The molecule has 0 aromatic carbocycles. The van der Waals surface area contributed by atoms with Crippen LogP contribution in [0.4, 0.5) is 5.69 Å². The topological polar surface area (TPSA) is 101 Å².